The van der Waals surface area contributed by atoms with E-state index < -0.39 is 0 Å². The van der Waals surface area contributed by atoms with Gasteiger partial charge in [-0.05, 0) is 13.8 Å². The first-order chi connectivity index (χ1) is 8.08. The number of rotatable bonds is 3. The van der Waals surface area contributed by atoms with Gasteiger partial charge in [0.2, 0.25) is 5.89 Å². The topological polar surface area (TPSA) is 54.2 Å². The highest BCUT2D eigenvalue weighted by Gasteiger charge is 2.26. The fraction of sp³-hybridized carbons (Fsp3) is 0.833. The number of hydrogen-bond donors (Lipinski definition) is 1. The van der Waals surface area contributed by atoms with Crippen LogP contribution in [0.1, 0.15) is 45.3 Å². The van der Waals surface area contributed by atoms with Crippen LogP contribution in [0.3, 0.4) is 0 Å². The molecule has 1 saturated heterocycles. The van der Waals surface area contributed by atoms with Gasteiger partial charge in [-0.25, -0.2) is 0 Å². The van der Waals surface area contributed by atoms with Crippen LogP contribution in [-0.2, 0) is 6.54 Å². The standard InChI is InChI=1S/C12H22N4O/c1-8(2)12-14-11(17-15-12)7-16-9(3)5-13-6-10(16)4/h8-10,13H,5-7H2,1-4H3. The van der Waals surface area contributed by atoms with Crippen molar-refractivity contribution in [3.05, 3.63) is 11.7 Å². The normalized spacial score (nSPS) is 26.6. The molecule has 5 heteroatoms. The zero-order valence-electron chi connectivity index (χ0n) is 11.1. The van der Waals surface area contributed by atoms with Gasteiger partial charge in [-0.3, -0.25) is 4.90 Å². The van der Waals surface area contributed by atoms with Crippen LogP contribution in [0, 0.1) is 0 Å². The Balaban J connectivity index is 2.03. The molecule has 0 aliphatic carbocycles. The van der Waals surface area contributed by atoms with Crippen molar-refractivity contribution in [1.82, 2.24) is 20.4 Å². The van der Waals surface area contributed by atoms with E-state index in [2.05, 4.69) is 48.1 Å². The molecule has 17 heavy (non-hydrogen) atoms. The van der Waals surface area contributed by atoms with Gasteiger partial charge in [0.05, 0.1) is 6.54 Å². The second-order valence-corrected chi connectivity index (χ2v) is 5.23. The Bertz CT molecular complexity index is 353. The summed E-state index contributed by atoms with van der Waals surface area (Å²) in [6.07, 6.45) is 0. The molecule has 0 spiro atoms. The summed E-state index contributed by atoms with van der Waals surface area (Å²) in [7, 11) is 0. The Morgan fingerprint density at radius 2 is 2.00 bits per heavy atom. The van der Waals surface area contributed by atoms with Crippen molar-refractivity contribution in [2.75, 3.05) is 13.1 Å². The van der Waals surface area contributed by atoms with Crippen molar-refractivity contribution in [1.29, 1.82) is 0 Å². The molecule has 96 valence electrons. The monoisotopic (exact) mass is 238 g/mol. The Kier molecular flexibility index (Phi) is 3.79. The van der Waals surface area contributed by atoms with Crippen LogP contribution < -0.4 is 5.32 Å². The van der Waals surface area contributed by atoms with Gasteiger partial charge in [0, 0.05) is 31.1 Å². The molecule has 1 aromatic heterocycles. The van der Waals surface area contributed by atoms with Gasteiger partial charge < -0.3 is 9.84 Å². The summed E-state index contributed by atoms with van der Waals surface area (Å²) in [6.45, 7) is 11.4. The van der Waals surface area contributed by atoms with Gasteiger partial charge in [0.25, 0.3) is 0 Å². The van der Waals surface area contributed by atoms with Crippen LogP contribution in [0.2, 0.25) is 0 Å². The predicted molar refractivity (Wildman–Crippen MR) is 65.7 cm³/mol. The third-order valence-corrected chi connectivity index (χ3v) is 3.33. The Labute approximate surface area is 103 Å². The van der Waals surface area contributed by atoms with E-state index in [1.165, 1.54) is 0 Å². The van der Waals surface area contributed by atoms with E-state index in [0.717, 1.165) is 31.3 Å². The summed E-state index contributed by atoms with van der Waals surface area (Å²) in [5.74, 6) is 1.86. The first kappa shape index (κ1) is 12.5. The number of piperazine rings is 1. The largest absolute Gasteiger partial charge is 0.338 e. The molecule has 1 aromatic rings. The fourth-order valence-electron chi connectivity index (χ4n) is 2.20. The lowest BCUT2D eigenvalue weighted by Crippen LogP contribution is -2.54. The van der Waals surface area contributed by atoms with E-state index in [1.807, 2.05) is 0 Å². The highest BCUT2D eigenvalue weighted by molar-refractivity contribution is 4.93. The van der Waals surface area contributed by atoms with Gasteiger partial charge in [-0.2, -0.15) is 4.98 Å². The SMILES string of the molecule is CC(C)c1noc(CN2C(C)CNCC2C)n1. The number of nitrogens with one attached hydrogen (secondary N) is 1. The highest BCUT2D eigenvalue weighted by Crippen LogP contribution is 2.15. The second kappa shape index (κ2) is 5.14. The van der Waals surface area contributed by atoms with E-state index in [1.54, 1.807) is 0 Å². The molecule has 1 fully saturated rings. The van der Waals surface area contributed by atoms with Crippen molar-refractivity contribution < 1.29 is 4.52 Å². The number of nitrogens with zero attached hydrogens (tertiary/aromatic N) is 3. The molecule has 1 N–H and O–H groups in total. The summed E-state index contributed by atoms with van der Waals surface area (Å²) in [4.78, 5) is 6.84. The molecular weight excluding hydrogens is 216 g/mol. The molecule has 1 aliphatic heterocycles. The molecule has 2 unspecified atom stereocenters. The minimum Gasteiger partial charge on any atom is -0.338 e. The van der Waals surface area contributed by atoms with Gasteiger partial charge in [-0.1, -0.05) is 19.0 Å². The molecule has 1 aliphatic rings. The van der Waals surface area contributed by atoms with Crippen molar-refractivity contribution in [2.45, 2.75) is 52.2 Å². The average Bonchev–Trinajstić information content (AvgIpc) is 2.72. The van der Waals surface area contributed by atoms with Gasteiger partial charge in [-0.15, -0.1) is 0 Å². The molecule has 2 heterocycles. The maximum absolute atomic E-state index is 5.30. The van der Waals surface area contributed by atoms with E-state index in [-0.39, 0.29) is 0 Å². The Morgan fingerprint density at radius 1 is 1.35 bits per heavy atom. The predicted octanol–water partition coefficient (Wildman–Crippen LogP) is 1.38. The molecule has 0 aromatic carbocycles. The molecule has 0 amide bonds. The van der Waals surface area contributed by atoms with Crippen molar-refractivity contribution in [3.63, 3.8) is 0 Å². The van der Waals surface area contributed by atoms with E-state index in [9.17, 15) is 0 Å². The highest BCUT2D eigenvalue weighted by atomic mass is 16.5. The van der Waals surface area contributed by atoms with Crippen LogP contribution in [0.25, 0.3) is 0 Å². The smallest absolute Gasteiger partial charge is 0.240 e. The first-order valence-corrected chi connectivity index (χ1v) is 6.37. The maximum Gasteiger partial charge on any atom is 0.240 e. The van der Waals surface area contributed by atoms with Crippen LogP contribution in [0.4, 0.5) is 0 Å². The minimum absolute atomic E-state index is 0.324. The third-order valence-electron chi connectivity index (χ3n) is 3.33. The number of aromatic nitrogens is 2. The van der Waals surface area contributed by atoms with Gasteiger partial charge in [0.15, 0.2) is 5.82 Å². The molecule has 0 bridgehead atoms. The summed E-state index contributed by atoms with van der Waals surface area (Å²) in [5, 5.41) is 7.42. The zero-order valence-corrected chi connectivity index (χ0v) is 11.1. The van der Waals surface area contributed by atoms with Crippen LogP contribution in [-0.4, -0.2) is 40.2 Å². The molecule has 0 saturated carbocycles. The summed E-state index contributed by atoms with van der Waals surface area (Å²) >= 11 is 0. The zero-order chi connectivity index (χ0) is 12.4. The molecule has 5 nitrogen and oxygen atoms in total. The van der Waals surface area contributed by atoms with E-state index in [4.69, 9.17) is 4.52 Å². The summed E-state index contributed by atoms with van der Waals surface area (Å²) < 4.78 is 5.30. The fourth-order valence-corrected chi connectivity index (χ4v) is 2.20. The summed E-state index contributed by atoms with van der Waals surface area (Å²) in [6, 6.07) is 1.02. The maximum atomic E-state index is 5.30. The average molecular weight is 238 g/mol. The minimum atomic E-state index is 0.324. The third kappa shape index (κ3) is 2.84. The summed E-state index contributed by atoms with van der Waals surface area (Å²) in [5.41, 5.74) is 0. The molecular formula is C12H22N4O. The van der Waals surface area contributed by atoms with E-state index >= 15 is 0 Å². The lowest BCUT2D eigenvalue weighted by atomic mass is 10.1. The Morgan fingerprint density at radius 3 is 2.53 bits per heavy atom. The van der Waals surface area contributed by atoms with Crippen molar-refractivity contribution in [3.8, 4) is 0 Å². The number of hydrogen-bond acceptors (Lipinski definition) is 5. The molecule has 2 atom stereocenters. The second-order valence-electron chi connectivity index (χ2n) is 5.23. The quantitative estimate of drug-likeness (QED) is 0.862. The Hall–Kier alpha value is -0.940. The van der Waals surface area contributed by atoms with Gasteiger partial charge in [0.1, 0.15) is 0 Å². The van der Waals surface area contributed by atoms with Crippen LogP contribution in [0.15, 0.2) is 4.52 Å². The lowest BCUT2D eigenvalue weighted by Gasteiger charge is -2.38. The molecule has 2 rings (SSSR count). The van der Waals surface area contributed by atoms with Crippen molar-refractivity contribution >= 4 is 0 Å². The van der Waals surface area contributed by atoms with Crippen molar-refractivity contribution in [2.24, 2.45) is 0 Å². The lowest BCUT2D eigenvalue weighted by molar-refractivity contribution is 0.0947. The first-order valence-electron chi connectivity index (χ1n) is 6.37. The molecule has 0 radical (unpaired) electrons. The van der Waals surface area contributed by atoms with Gasteiger partial charge >= 0.3 is 0 Å². The van der Waals surface area contributed by atoms with Crippen LogP contribution >= 0.6 is 0 Å². The van der Waals surface area contributed by atoms with Crippen LogP contribution in [0.5, 0.6) is 0 Å². The van der Waals surface area contributed by atoms with E-state index in [0.29, 0.717) is 18.0 Å².